The van der Waals surface area contributed by atoms with Crippen molar-refractivity contribution >= 4 is 8.32 Å². The summed E-state index contributed by atoms with van der Waals surface area (Å²) in [6.07, 6.45) is 4.13. The molecule has 0 amide bonds. The second kappa shape index (κ2) is 3.91. The number of rotatable bonds is 2. The maximum Gasteiger partial charge on any atom is 0.185 e. The summed E-state index contributed by atoms with van der Waals surface area (Å²) in [5.41, 5.74) is -0.236. The molecule has 0 aromatic rings. The van der Waals surface area contributed by atoms with Crippen molar-refractivity contribution in [2.75, 3.05) is 0 Å². The fraction of sp³-hybridized carbons (Fsp3) is 0.917. The molecule has 0 heterocycles. The van der Waals surface area contributed by atoms with E-state index >= 15 is 0 Å². The Kier molecular flexibility index (Phi) is 3.32. The molecule has 2 nitrogen and oxygen atoms in total. The molecular formula is C12H23NOSi. The van der Waals surface area contributed by atoms with Crippen LogP contribution in [-0.2, 0) is 4.43 Å². The Balaban J connectivity index is 2.82. The van der Waals surface area contributed by atoms with Crippen LogP contribution in [0.1, 0.15) is 39.5 Å². The van der Waals surface area contributed by atoms with Crippen LogP contribution in [0.25, 0.3) is 0 Å². The van der Waals surface area contributed by atoms with Crippen molar-refractivity contribution in [3.05, 3.63) is 0 Å². The SMILES string of the molecule is CC1(C)CCCC(C#N)(O[Si](C)(C)C)C1. The summed E-state index contributed by atoms with van der Waals surface area (Å²) in [6.45, 7) is 11.0. The third-order valence-electron chi connectivity index (χ3n) is 2.90. The Hall–Kier alpha value is -0.333. The number of nitrogens with zero attached hydrogens (tertiary/aromatic N) is 1. The Morgan fingerprint density at radius 1 is 1.20 bits per heavy atom. The molecule has 0 bridgehead atoms. The highest BCUT2D eigenvalue weighted by Crippen LogP contribution is 2.43. The first-order valence-corrected chi connectivity index (χ1v) is 9.20. The molecule has 3 heteroatoms. The smallest absolute Gasteiger partial charge is 0.185 e. The second-order valence-electron chi connectivity index (χ2n) is 6.52. The van der Waals surface area contributed by atoms with Crippen LogP contribution < -0.4 is 0 Å². The zero-order valence-corrected chi connectivity index (χ0v) is 11.7. The standard InChI is InChI=1S/C12H23NOSi/c1-11(2)7-6-8-12(9-11,10-13)14-15(3,4)5/h6-9H2,1-5H3. The zero-order valence-electron chi connectivity index (χ0n) is 10.7. The lowest BCUT2D eigenvalue weighted by atomic mass is 9.70. The summed E-state index contributed by atoms with van der Waals surface area (Å²) in [6, 6.07) is 2.44. The molecule has 0 spiro atoms. The van der Waals surface area contributed by atoms with Crippen LogP contribution in [-0.4, -0.2) is 13.9 Å². The molecule has 0 aromatic heterocycles. The van der Waals surface area contributed by atoms with E-state index in [1.54, 1.807) is 0 Å². The van der Waals surface area contributed by atoms with Crippen molar-refractivity contribution in [2.45, 2.75) is 64.8 Å². The summed E-state index contributed by atoms with van der Waals surface area (Å²) in [5.74, 6) is 0. The van der Waals surface area contributed by atoms with E-state index in [0.717, 1.165) is 19.3 Å². The van der Waals surface area contributed by atoms with Crippen LogP contribution in [0.15, 0.2) is 0 Å². The molecule has 1 unspecified atom stereocenters. The van der Waals surface area contributed by atoms with Crippen LogP contribution in [0.3, 0.4) is 0 Å². The van der Waals surface area contributed by atoms with Gasteiger partial charge in [0.1, 0.15) is 5.60 Å². The Labute approximate surface area is 94.8 Å². The highest BCUT2D eigenvalue weighted by atomic mass is 28.4. The van der Waals surface area contributed by atoms with Crippen molar-refractivity contribution < 1.29 is 4.43 Å². The molecule has 1 saturated carbocycles. The Bertz CT molecular complexity index is 270. The molecule has 1 rings (SSSR count). The number of nitriles is 1. The van der Waals surface area contributed by atoms with Crippen molar-refractivity contribution in [1.29, 1.82) is 5.26 Å². The first-order chi connectivity index (χ1) is 6.68. The van der Waals surface area contributed by atoms with Gasteiger partial charge in [-0.3, -0.25) is 0 Å². The highest BCUT2D eigenvalue weighted by Gasteiger charge is 2.43. The molecule has 0 aromatic carbocycles. The molecule has 0 N–H and O–H groups in total. The van der Waals surface area contributed by atoms with E-state index in [4.69, 9.17) is 4.43 Å². The monoisotopic (exact) mass is 225 g/mol. The van der Waals surface area contributed by atoms with E-state index in [-0.39, 0.29) is 5.41 Å². The maximum absolute atomic E-state index is 9.38. The maximum atomic E-state index is 9.38. The summed E-state index contributed by atoms with van der Waals surface area (Å²) >= 11 is 0. The van der Waals surface area contributed by atoms with Crippen molar-refractivity contribution in [3.8, 4) is 6.07 Å². The molecule has 1 aliphatic carbocycles. The number of hydrogen-bond acceptors (Lipinski definition) is 2. The first kappa shape index (κ1) is 12.7. The summed E-state index contributed by atoms with van der Waals surface area (Å²) < 4.78 is 6.13. The Morgan fingerprint density at radius 2 is 1.80 bits per heavy atom. The van der Waals surface area contributed by atoms with Gasteiger partial charge in [-0.05, 0) is 50.7 Å². The van der Waals surface area contributed by atoms with E-state index in [1.165, 1.54) is 6.42 Å². The van der Waals surface area contributed by atoms with Crippen LogP contribution in [0, 0.1) is 16.7 Å². The van der Waals surface area contributed by atoms with E-state index in [2.05, 4.69) is 39.6 Å². The molecule has 0 radical (unpaired) electrons. The van der Waals surface area contributed by atoms with Gasteiger partial charge < -0.3 is 4.43 Å². The summed E-state index contributed by atoms with van der Waals surface area (Å²) in [4.78, 5) is 0. The predicted molar refractivity (Wildman–Crippen MR) is 65.0 cm³/mol. The average Bonchev–Trinajstić information content (AvgIpc) is 1.99. The van der Waals surface area contributed by atoms with Crippen LogP contribution in [0.4, 0.5) is 0 Å². The fourth-order valence-electron chi connectivity index (χ4n) is 2.59. The molecule has 1 fully saturated rings. The van der Waals surface area contributed by atoms with Gasteiger partial charge >= 0.3 is 0 Å². The van der Waals surface area contributed by atoms with E-state index < -0.39 is 13.9 Å². The molecule has 15 heavy (non-hydrogen) atoms. The molecule has 86 valence electrons. The van der Waals surface area contributed by atoms with Gasteiger partial charge in [-0.2, -0.15) is 5.26 Å². The van der Waals surface area contributed by atoms with Crippen molar-refractivity contribution in [1.82, 2.24) is 0 Å². The third-order valence-corrected chi connectivity index (χ3v) is 3.91. The van der Waals surface area contributed by atoms with Gasteiger partial charge in [0.15, 0.2) is 8.32 Å². The lowest BCUT2D eigenvalue weighted by Gasteiger charge is -2.43. The molecule has 1 atom stereocenters. The van der Waals surface area contributed by atoms with E-state index in [0.29, 0.717) is 0 Å². The normalized spacial score (nSPS) is 30.9. The predicted octanol–water partition coefficient (Wildman–Crippen LogP) is 3.70. The van der Waals surface area contributed by atoms with Crippen LogP contribution in [0.5, 0.6) is 0 Å². The molecule has 0 aliphatic heterocycles. The van der Waals surface area contributed by atoms with Crippen LogP contribution in [0.2, 0.25) is 19.6 Å². The topological polar surface area (TPSA) is 33.0 Å². The fourth-order valence-corrected chi connectivity index (χ4v) is 3.99. The molecule has 1 aliphatic rings. The largest absolute Gasteiger partial charge is 0.400 e. The van der Waals surface area contributed by atoms with Crippen molar-refractivity contribution in [3.63, 3.8) is 0 Å². The van der Waals surface area contributed by atoms with Gasteiger partial charge in [0.25, 0.3) is 0 Å². The van der Waals surface area contributed by atoms with E-state index in [9.17, 15) is 5.26 Å². The second-order valence-corrected chi connectivity index (χ2v) is 10.9. The summed E-state index contributed by atoms with van der Waals surface area (Å²) in [5, 5.41) is 9.38. The van der Waals surface area contributed by atoms with Gasteiger partial charge in [0.2, 0.25) is 0 Å². The van der Waals surface area contributed by atoms with Gasteiger partial charge in [0, 0.05) is 0 Å². The van der Waals surface area contributed by atoms with Gasteiger partial charge in [-0.15, -0.1) is 0 Å². The van der Waals surface area contributed by atoms with Gasteiger partial charge in [-0.1, -0.05) is 13.8 Å². The van der Waals surface area contributed by atoms with Crippen molar-refractivity contribution in [2.24, 2.45) is 5.41 Å². The minimum absolute atomic E-state index is 0.258. The zero-order chi connectivity index (χ0) is 11.7. The summed E-state index contributed by atoms with van der Waals surface area (Å²) in [7, 11) is -1.62. The van der Waals surface area contributed by atoms with Gasteiger partial charge in [0.05, 0.1) is 6.07 Å². The average molecular weight is 225 g/mol. The van der Waals surface area contributed by atoms with Crippen LogP contribution >= 0.6 is 0 Å². The minimum atomic E-state index is -1.62. The minimum Gasteiger partial charge on any atom is -0.400 e. The third kappa shape index (κ3) is 3.62. The number of hydrogen-bond donors (Lipinski definition) is 0. The molecule has 0 saturated heterocycles. The lowest BCUT2D eigenvalue weighted by Crippen LogP contribution is -2.46. The van der Waals surface area contributed by atoms with Gasteiger partial charge in [-0.25, -0.2) is 0 Å². The first-order valence-electron chi connectivity index (χ1n) is 5.80. The molecular weight excluding hydrogens is 202 g/mol. The quantitative estimate of drug-likeness (QED) is 0.671. The van der Waals surface area contributed by atoms with E-state index in [1.807, 2.05) is 0 Å². The highest BCUT2D eigenvalue weighted by molar-refractivity contribution is 6.69. The Morgan fingerprint density at radius 3 is 2.20 bits per heavy atom. The lowest BCUT2D eigenvalue weighted by molar-refractivity contribution is 0.0226.